The number of benzene rings is 1. The Morgan fingerprint density at radius 2 is 1.89 bits per heavy atom. The molecule has 0 radical (unpaired) electrons. The number of fused-ring (bicyclic) bond motifs is 1. The fourth-order valence-electron chi connectivity index (χ4n) is 2.85. The molecule has 0 bridgehead atoms. The van der Waals surface area contributed by atoms with Crippen LogP contribution in [-0.4, -0.2) is 27.2 Å². The highest BCUT2D eigenvalue weighted by Crippen LogP contribution is 2.26. The lowest BCUT2D eigenvalue weighted by Gasteiger charge is -2.31. The molecule has 0 saturated heterocycles. The largest absolute Gasteiger partial charge is 0.346 e. The fourth-order valence-corrected chi connectivity index (χ4v) is 3.47. The molecule has 2 amide bonds. The maximum absolute atomic E-state index is 12.9. The van der Waals surface area contributed by atoms with Crippen molar-refractivity contribution in [3.8, 4) is 0 Å². The number of carbonyl (C=O) groups excluding carboxylic acids is 2. The molecule has 0 atom stereocenters. The summed E-state index contributed by atoms with van der Waals surface area (Å²) in [7, 11) is 0. The van der Waals surface area contributed by atoms with E-state index in [2.05, 4.69) is 10.3 Å². The van der Waals surface area contributed by atoms with Crippen LogP contribution in [0.2, 0.25) is 0 Å². The molecule has 1 aromatic carbocycles. The van der Waals surface area contributed by atoms with Gasteiger partial charge in [0.1, 0.15) is 5.70 Å². The number of aryl methyl sites for hydroxylation is 1. The van der Waals surface area contributed by atoms with Gasteiger partial charge in [0.15, 0.2) is 0 Å². The van der Waals surface area contributed by atoms with Gasteiger partial charge in [-0.15, -0.1) is 11.3 Å². The summed E-state index contributed by atoms with van der Waals surface area (Å²) in [5.41, 5.74) is 2.75. The first-order valence-corrected chi connectivity index (χ1v) is 10.4. The summed E-state index contributed by atoms with van der Waals surface area (Å²) in [5.74, 6) is -0.366. The van der Waals surface area contributed by atoms with E-state index < -0.39 is 0 Å². The molecule has 1 aliphatic heterocycles. The minimum Gasteiger partial charge on any atom is -0.346 e. The third-order valence-corrected chi connectivity index (χ3v) is 4.81. The standard InChI is InChI=1S/C20H23N3O2S.C2H6/c1-13-21-16(12-26-13)10-18(24)23-11-15-8-6-5-7-14(15)9-17(23)19(25)22-20(2,3)4;1-2/h5-9,12H,10-11H2,1-4H3,(H,22,25);1-2H3. The van der Waals surface area contributed by atoms with Crippen LogP contribution in [0.5, 0.6) is 0 Å². The van der Waals surface area contributed by atoms with Crippen molar-refractivity contribution in [1.29, 1.82) is 0 Å². The van der Waals surface area contributed by atoms with E-state index in [0.717, 1.165) is 21.8 Å². The molecule has 0 unspecified atom stereocenters. The predicted molar refractivity (Wildman–Crippen MR) is 115 cm³/mol. The quantitative estimate of drug-likeness (QED) is 0.836. The third kappa shape index (κ3) is 5.52. The van der Waals surface area contributed by atoms with E-state index in [1.807, 2.05) is 71.2 Å². The molecule has 0 saturated carbocycles. The van der Waals surface area contributed by atoms with E-state index in [-0.39, 0.29) is 23.8 Å². The molecule has 1 aliphatic rings. The van der Waals surface area contributed by atoms with E-state index in [9.17, 15) is 9.59 Å². The van der Waals surface area contributed by atoms with Crippen LogP contribution in [0, 0.1) is 6.92 Å². The maximum atomic E-state index is 12.9. The number of hydrogen-bond acceptors (Lipinski definition) is 4. The van der Waals surface area contributed by atoms with Gasteiger partial charge in [0.2, 0.25) is 5.91 Å². The Labute approximate surface area is 171 Å². The molecule has 1 N–H and O–H groups in total. The number of rotatable bonds is 3. The Kier molecular flexibility index (Phi) is 7.13. The number of nitrogens with zero attached hydrogens (tertiary/aromatic N) is 2. The highest BCUT2D eigenvalue weighted by Gasteiger charge is 2.30. The van der Waals surface area contributed by atoms with Gasteiger partial charge in [-0.3, -0.25) is 9.59 Å². The Bertz CT molecular complexity index is 878. The zero-order valence-corrected chi connectivity index (χ0v) is 18.3. The van der Waals surface area contributed by atoms with E-state index in [4.69, 9.17) is 0 Å². The lowest BCUT2D eigenvalue weighted by atomic mass is 10.00. The summed E-state index contributed by atoms with van der Waals surface area (Å²) in [5, 5.41) is 5.78. The van der Waals surface area contributed by atoms with Crippen molar-refractivity contribution >= 4 is 29.2 Å². The number of carbonyl (C=O) groups is 2. The first-order chi connectivity index (χ1) is 13.2. The topological polar surface area (TPSA) is 62.3 Å². The average Bonchev–Trinajstić information content (AvgIpc) is 3.05. The first-order valence-electron chi connectivity index (χ1n) is 9.56. The molecule has 28 heavy (non-hydrogen) atoms. The third-order valence-electron chi connectivity index (χ3n) is 3.99. The van der Waals surface area contributed by atoms with E-state index in [1.54, 1.807) is 11.0 Å². The van der Waals surface area contributed by atoms with Crippen LogP contribution < -0.4 is 5.32 Å². The number of thiazole rings is 1. The fraction of sp³-hybridized carbons (Fsp3) is 0.409. The monoisotopic (exact) mass is 399 g/mol. The minimum atomic E-state index is -0.379. The Hall–Kier alpha value is -2.47. The number of amides is 2. The first kappa shape index (κ1) is 21.8. The SMILES string of the molecule is CC.Cc1nc(CC(=O)N2Cc3ccccc3C=C2C(=O)NC(C)(C)C)cs1. The molecular weight excluding hydrogens is 370 g/mol. The van der Waals surface area contributed by atoms with Crippen molar-refractivity contribution in [3.63, 3.8) is 0 Å². The summed E-state index contributed by atoms with van der Waals surface area (Å²) in [4.78, 5) is 31.7. The summed E-state index contributed by atoms with van der Waals surface area (Å²) in [6.45, 7) is 12.1. The van der Waals surface area contributed by atoms with E-state index in [1.165, 1.54) is 11.3 Å². The zero-order chi connectivity index (χ0) is 20.9. The van der Waals surface area contributed by atoms with Gasteiger partial charge in [-0.05, 0) is 44.9 Å². The summed E-state index contributed by atoms with van der Waals surface area (Å²) < 4.78 is 0. The van der Waals surface area contributed by atoms with Gasteiger partial charge in [0.05, 0.1) is 23.7 Å². The van der Waals surface area contributed by atoms with Crippen molar-refractivity contribution in [1.82, 2.24) is 15.2 Å². The lowest BCUT2D eigenvalue weighted by Crippen LogP contribution is -2.46. The van der Waals surface area contributed by atoms with Crippen LogP contribution in [0.4, 0.5) is 0 Å². The normalized spacial score (nSPS) is 13.1. The van der Waals surface area contributed by atoms with Crippen LogP contribution in [0.1, 0.15) is 56.4 Å². The minimum absolute atomic E-state index is 0.125. The highest BCUT2D eigenvalue weighted by atomic mass is 32.1. The summed E-state index contributed by atoms with van der Waals surface area (Å²) >= 11 is 1.52. The molecular formula is C22H29N3O2S. The summed E-state index contributed by atoms with van der Waals surface area (Å²) in [6, 6.07) is 7.83. The Morgan fingerprint density at radius 1 is 1.21 bits per heavy atom. The molecule has 2 heterocycles. The highest BCUT2D eigenvalue weighted by molar-refractivity contribution is 7.09. The molecule has 0 spiro atoms. The lowest BCUT2D eigenvalue weighted by molar-refractivity contribution is -0.133. The number of aromatic nitrogens is 1. The van der Waals surface area contributed by atoms with Crippen molar-refractivity contribution < 1.29 is 9.59 Å². The van der Waals surface area contributed by atoms with E-state index >= 15 is 0 Å². The maximum Gasteiger partial charge on any atom is 0.268 e. The molecule has 0 fully saturated rings. The molecule has 5 nitrogen and oxygen atoms in total. The Morgan fingerprint density at radius 3 is 2.50 bits per heavy atom. The molecule has 3 rings (SSSR count). The van der Waals surface area contributed by atoms with E-state index in [0.29, 0.717) is 12.2 Å². The molecule has 150 valence electrons. The number of nitrogens with one attached hydrogen (secondary N) is 1. The van der Waals surface area contributed by atoms with Crippen molar-refractivity contribution in [3.05, 3.63) is 57.2 Å². The molecule has 2 aromatic rings. The van der Waals surface area contributed by atoms with Gasteiger partial charge in [-0.1, -0.05) is 38.1 Å². The van der Waals surface area contributed by atoms with Crippen molar-refractivity contribution in [2.24, 2.45) is 0 Å². The predicted octanol–water partition coefficient (Wildman–Crippen LogP) is 4.32. The molecule has 0 aliphatic carbocycles. The second-order valence-corrected chi connectivity index (χ2v) is 8.51. The van der Waals surface area contributed by atoms with Crippen LogP contribution in [-0.2, 0) is 22.6 Å². The average molecular weight is 400 g/mol. The van der Waals surface area contributed by atoms with Gasteiger partial charge in [-0.2, -0.15) is 0 Å². The smallest absolute Gasteiger partial charge is 0.268 e. The van der Waals surface area contributed by atoms with Gasteiger partial charge >= 0.3 is 0 Å². The van der Waals surface area contributed by atoms with Crippen LogP contribution in [0.25, 0.3) is 6.08 Å². The molecule has 6 heteroatoms. The van der Waals surface area contributed by atoms with Gasteiger partial charge in [0.25, 0.3) is 5.91 Å². The number of hydrogen-bond donors (Lipinski definition) is 1. The van der Waals surface area contributed by atoms with Crippen LogP contribution >= 0.6 is 11.3 Å². The second kappa shape index (κ2) is 9.15. The second-order valence-electron chi connectivity index (χ2n) is 7.45. The van der Waals surface area contributed by atoms with Gasteiger partial charge < -0.3 is 10.2 Å². The Balaban J connectivity index is 0.00000136. The van der Waals surface area contributed by atoms with Crippen molar-refractivity contribution in [2.75, 3.05) is 0 Å². The van der Waals surface area contributed by atoms with Gasteiger partial charge in [0, 0.05) is 10.9 Å². The van der Waals surface area contributed by atoms with Crippen LogP contribution in [0.15, 0.2) is 35.3 Å². The summed E-state index contributed by atoms with van der Waals surface area (Å²) in [6.07, 6.45) is 1.98. The zero-order valence-electron chi connectivity index (χ0n) is 17.5. The van der Waals surface area contributed by atoms with Gasteiger partial charge in [-0.25, -0.2) is 4.98 Å². The van der Waals surface area contributed by atoms with Crippen molar-refractivity contribution in [2.45, 2.75) is 60.0 Å². The molecule has 1 aromatic heterocycles. The van der Waals surface area contributed by atoms with Crippen LogP contribution in [0.3, 0.4) is 0 Å².